The number of halogens is 1. The van der Waals surface area contributed by atoms with Crippen molar-refractivity contribution in [1.82, 2.24) is 4.90 Å². The molecule has 9 nitrogen and oxygen atoms in total. The predicted molar refractivity (Wildman–Crippen MR) is 187 cm³/mol. The number of ether oxygens (including phenoxy) is 5. The Kier molecular flexibility index (Phi) is 20.2. The second kappa shape index (κ2) is 23.8. The first-order valence-electron chi connectivity index (χ1n) is 17.3. The van der Waals surface area contributed by atoms with Gasteiger partial charge in [0, 0.05) is 11.6 Å². The molecule has 2 aromatic carbocycles. The van der Waals surface area contributed by atoms with Crippen LogP contribution in [-0.2, 0) is 24.9 Å². The maximum Gasteiger partial charge on any atom is 0.417 e. The SMILES string of the molecule is CCCCCCCCCCCCCCOc1c(OC)cc(COC(=O)N(Cc2ccc[n+](C)c2)C(=O)c2ccccc2OC)cc1OC.[I-]. The van der Waals surface area contributed by atoms with Crippen LogP contribution in [0.5, 0.6) is 23.0 Å². The third kappa shape index (κ3) is 14.1. The first kappa shape index (κ1) is 41.6. The summed E-state index contributed by atoms with van der Waals surface area (Å²) in [5, 5.41) is 0. The topological polar surface area (TPSA) is 87.4 Å². The van der Waals surface area contributed by atoms with Crippen LogP contribution in [0.4, 0.5) is 4.79 Å². The van der Waals surface area contributed by atoms with Crippen molar-refractivity contribution < 1.29 is 61.8 Å². The first-order valence-corrected chi connectivity index (χ1v) is 17.3. The summed E-state index contributed by atoms with van der Waals surface area (Å²) >= 11 is 0. The van der Waals surface area contributed by atoms with E-state index in [0.717, 1.165) is 23.3 Å². The quantitative estimate of drug-likeness (QED) is 0.0745. The number of methoxy groups -OCH3 is 3. The second-order valence-electron chi connectivity index (χ2n) is 12.1. The van der Waals surface area contributed by atoms with E-state index < -0.39 is 12.0 Å². The first-order chi connectivity index (χ1) is 23.4. The van der Waals surface area contributed by atoms with Gasteiger partial charge in [-0.15, -0.1) is 0 Å². The van der Waals surface area contributed by atoms with Gasteiger partial charge in [0.15, 0.2) is 23.9 Å². The monoisotopic (exact) mass is 790 g/mol. The minimum atomic E-state index is -0.789. The van der Waals surface area contributed by atoms with Crippen molar-refractivity contribution in [3.63, 3.8) is 0 Å². The molecule has 0 radical (unpaired) electrons. The number of aromatic nitrogens is 1. The van der Waals surface area contributed by atoms with E-state index in [0.29, 0.717) is 35.2 Å². The van der Waals surface area contributed by atoms with Gasteiger partial charge < -0.3 is 47.7 Å². The summed E-state index contributed by atoms with van der Waals surface area (Å²) in [4.78, 5) is 28.2. The molecule has 3 aromatic rings. The van der Waals surface area contributed by atoms with Crippen LogP contribution in [0.3, 0.4) is 0 Å². The fraction of sp³-hybridized carbons (Fsp3) is 0.513. The van der Waals surface area contributed by atoms with Crippen LogP contribution in [0.1, 0.15) is 105 Å². The zero-order chi connectivity index (χ0) is 34.6. The molecule has 0 aliphatic carbocycles. The number of hydrogen-bond acceptors (Lipinski definition) is 7. The Morgan fingerprint density at radius 1 is 0.714 bits per heavy atom. The highest BCUT2D eigenvalue weighted by Gasteiger charge is 2.28. The number of rotatable bonds is 22. The maximum atomic E-state index is 13.7. The Labute approximate surface area is 310 Å². The van der Waals surface area contributed by atoms with E-state index in [2.05, 4.69) is 6.92 Å². The highest BCUT2D eigenvalue weighted by Crippen LogP contribution is 2.39. The summed E-state index contributed by atoms with van der Waals surface area (Å²) < 4.78 is 30.3. The van der Waals surface area contributed by atoms with Gasteiger partial charge >= 0.3 is 6.09 Å². The van der Waals surface area contributed by atoms with E-state index in [1.807, 2.05) is 36.1 Å². The van der Waals surface area contributed by atoms with Crippen LogP contribution >= 0.6 is 0 Å². The molecule has 49 heavy (non-hydrogen) atoms. The molecular weight excluding hydrogens is 735 g/mol. The number of pyridine rings is 1. The largest absolute Gasteiger partial charge is 1.00 e. The highest BCUT2D eigenvalue weighted by atomic mass is 127. The lowest BCUT2D eigenvalue weighted by molar-refractivity contribution is -0.672. The summed E-state index contributed by atoms with van der Waals surface area (Å²) in [6.45, 7) is 2.72. The minimum absolute atomic E-state index is 0. The standard InChI is InChI=1S/C39H55N2O7.HI/c1-6-7-8-9-10-11-12-13-14-15-16-19-25-47-37-35(45-4)26-32(27-36(37)46-5)30-48-39(43)41(29-31-21-20-24-40(2)28-31)38(42)33-22-17-18-23-34(33)44-3;/h17-18,20-24,26-28H,6-16,19,25,29-30H2,1-5H3;1H/q+1;/p-1. The van der Waals surface area contributed by atoms with Gasteiger partial charge in [-0.25, -0.2) is 14.3 Å². The lowest BCUT2D eigenvalue weighted by atomic mass is 10.1. The Morgan fingerprint density at radius 3 is 1.86 bits per heavy atom. The lowest BCUT2D eigenvalue weighted by Gasteiger charge is -2.21. The molecule has 0 aliphatic heterocycles. The van der Waals surface area contributed by atoms with Crippen molar-refractivity contribution in [2.24, 2.45) is 7.05 Å². The van der Waals surface area contributed by atoms with Crippen LogP contribution in [0, 0.1) is 0 Å². The van der Waals surface area contributed by atoms with Crippen LogP contribution in [0.15, 0.2) is 60.9 Å². The Balaban J connectivity index is 0.00000833. The lowest BCUT2D eigenvalue weighted by Crippen LogP contribution is -3.00. The molecule has 2 amide bonds. The summed E-state index contributed by atoms with van der Waals surface area (Å²) in [6.07, 6.45) is 18.2. The smallest absolute Gasteiger partial charge is 0.417 e. The summed E-state index contributed by atoms with van der Waals surface area (Å²) in [5.41, 5.74) is 1.65. The Morgan fingerprint density at radius 2 is 1.29 bits per heavy atom. The molecular formula is C39H55IN2O7. The van der Waals surface area contributed by atoms with E-state index in [-0.39, 0.29) is 42.7 Å². The zero-order valence-corrected chi connectivity index (χ0v) is 32.2. The molecule has 270 valence electrons. The summed E-state index contributed by atoms with van der Waals surface area (Å²) in [6, 6.07) is 14.0. The molecule has 10 heteroatoms. The van der Waals surface area contributed by atoms with Gasteiger partial charge in [-0.1, -0.05) is 89.7 Å². The van der Waals surface area contributed by atoms with Crippen LogP contribution in [0.25, 0.3) is 0 Å². The molecule has 0 N–H and O–H groups in total. The highest BCUT2D eigenvalue weighted by molar-refractivity contribution is 6.04. The number of unbranched alkanes of at least 4 members (excludes halogenated alkanes) is 11. The van der Waals surface area contributed by atoms with Gasteiger partial charge in [-0.3, -0.25) is 4.79 Å². The van der Waals surface area contributed by atoms with Gasteiger partial charge in [-0.05, 0) is 42.3 Å². The third-order valence-electron chi connectivity index (χ3n) is 8.27. The molecule has 0 bridgehead atoms. The Bertz CT molecular complexity index is 1390. The van der Waals surface area contributed by atoms with E-state index in [1.165, 1.54) is 71.3 Å². The van der Waals surface area contributed by atoms with Gasteiger partial charge in [0.1, 0.15) is 19.4 Å². The van der Waals surface area contributed by atoms with Crippen molar-refractivity contribution in [1.29, 1.82) is 0 Å². The van der Waals surface area contributed by atoms with Gasteiger partial charge in [0.2, 0.25) is 5.75 Å². The second-order valence-corrected chi connectivity index (χ2v) is 12.1. The zero-order valence-electron chi connectivity index (χ0n) is 30.0. The van der Waals surface area contributed by atoms with Gasteiger partial charge in [0.05, 0.1) is 40.0 Å². The summed E-state index contributed by atoms with van der Waals surface area (Å²) in [5.74, 6) is 1.33. The van der Waals surface area contributed by atoms with Gasteiger partial charge in [0.25, 0.3) is 5.91 Å². The van der Waals surface area contributed by atoms with Crippen LogP contribution in [0.2, 0.25) is 0 Å². The van der Waals surface area contributed by atoms with Crippen molar-refractivity contribution in [2.75, 3.05) is 27.9 Å². The molecule has 0 fully saturated rings. The average Bonchev–Trinajstić information content (AvgIpc) is 3.11. The fourth-order valence-electron chi connectivity index (χ4n) is 5.61. The third-order valence-corrected chi connectivity index (χ3v) is 8.27. The number of nitrogens with zero attached hydrogens (tertiary/aromatic N) is 2. The molecule has 0 aliphatic rings. The molecule has 0 unspecified atom stereocenters. The van der Waals surface area contributed by atoms with E-state index in [1.54, 1.807) is 50.6 Å². The number of amides is 2. The van der Waals surface area contributed by atoms with Gasteiger partial charge in [-0.2, -0.15) is 0 Å². The number of carbonyl (C=O) groups is 2. The number of benzene rings is 2. The number of hydrogen-bond donors (Lipinski definition) is 0. The van der Waals surface area contributed by atoms with E-state index in [9.17, 15) is 9.59 Å². The van der Waals surface area contributed by atoms with Crippen molar-refractivity contribution >= 4 is 12.0 Å². The number of carbonyl (C=O) groups excluding carboxylic acids is 2. The normalized spacial score (nSPS) is 10.6. The number of para-hydroxylation sites is 1. The van der Waals surface area contributed by atoms with Crippen molar-refractivity contribution in [3.8, 4) is 23.0 Å². The van der Waals surface area contributed by atoms with E-state index >= 15 is 0 Å². The Hall–Kier alpha value is -3.54. The van der Waals surface area contributed by atoms with Crippen molar-refractivity contribution in [2.45, 2.75) is 97.1 Å². The number of imide groups is 1. The molecule has 0 saturated heterocycles. The molecule has 0 atom stereocenters. The molecule has 1 heterocycles. The number of aryl methyl sites for hydroxylation is 1. The molecule has 0 saturated carbocycles. The van der Waals surface area contributed by atoms with Crippen LogP contribution in [-0.4, -0.2) is 44.8 Å². The maximum absolute atomic E-state index is 13.7. The molecule has 1 aromatic heterocycles. The fourth-order valence-corrected chi connectivity index (χ4v) is 5.61. The van der Waals surface area contributed by atoms with Crippen LogP contribution < -0.4 is 47.5 Å². The average molecular weight is 791 g/mol. The summed E-state index contributed by atoms with van der Waals surface area (Å²) in [7, 11) is 6.49. The van der Waals surface area contributed by atoms with E-state index in [4.69, 9.17) is 23.7 Å². The molecule has 3 rings (SSSR count). The molecule has 0 spiro atoms. The van der Waals surface area contributed by atoms with Crippen molar-refractivity contribution in [3.05, 3.63) is 77.6 Å². The predicted octanol–water partition coefficient (Wildman–Crippen LogP) is 5.60. The minimum Gasteiger partial charge on any atom is -1.00 e.